The smallest absolute Gasteiger partial charge is 0.273 e. The van der Waals surface area contributed by atoms with Crippen molar-refractivity contribution in [2.75, 3.05) is 6.61 Å². The van der Waals surface area contributed by atoms with E-state index in [2.05, 4.69) is 20.0 Å². The number of nitrogens with zero attached hydrogens (tertiary/aromatic N) is 2. The van der Waals surface area contributed by atoms with Gasteiger partial charge in [-0.05, 0) is 18.1 Å². The number of rotatable bonds is 6. The first-order chi connectivity index (χ1) is 9.29. The van der Waals surface area contributed by atoms with Crippen molar-refractivity contribution in [3.8, 4) is 5.88 Å². The topological polar surface area (TPSA) is 77.2 Å². The van der Waals surface area contributed by atoms with Crippen molar-refractivity contribution in [1.82, 2.24) is 15.5 Å². The summed E-state index contributed by atoms with van der Waals surface area (Å²) in [5.74, 6) is 0.289. The summed E-state index contributed by atoms with van der Waals surface area (Å²) in [7, 11) is 0. The lowest BCUT2D eigenvalue weighted by Gasteiger charge is -2.06. The first kappa shape index (κ1) is 13.1. The number of carbonyl (C=O) groups excluding carboxylic acids is 1. The average Bonchev–Trinajstić information content (AvgIpc) is 2.97. The molecule has 2 heterocycles. The van der Waals surface area contributed by atoms with E-state index in [4.69, 9.17) is 4.74 Å². The molecule has 0 unspecified atom stereocenters. The Hall–Kier alpha value is -2.37. The average molecular weight is 261 g/mol. The Morgan fingerprint density at radius 1 is 1.47 bits per heavy atom. The summed E-state index contributed by atoms with van der Waals surface area (Å²) in [6, 6.07) is 5.14. The second-order valence-corrected chi connectivity index (χ2v) is 3.92. The number of hydrogen-bond acceptors (Lipinski definition) is 5. The van der Waals surface area contributed by atoms with Gasteiger partial charge in [0.2, 0.25) is 5.88 Å². The fraction of sp³-hybridized carbons (Fsp3) is 0.308. The Labute approximate surface area is 110 Å². The monoisotopic (exact) mass is 261 g/mol. The Morgan fingerprint density at radius 3 is 3.11 bits per heavy atom. The highest BCUT2D eigenvalue weighted by Crippen LogP contribution is 2.09. The Balaban J connectivity index is 1.90. The number of hydrogen-bond donors (Lipinski definition) is 1. The second-order valence-electron chi connectivity index (χ2n) is 3.92. The number of carbonyl (C=O) groups is 1. The van der Waals surface area contributed by atoms with E-state index < -0.39 is 0 Å². The van der Waals surface area contributed by atoms with E-state index in [0.29, 0.717) is 19.0 Å². The van der Waals surface area contributed by atoms with Crippen molar-refractivity contribution in [2.24, 2.45) is 0 Å². The lowest BCUT2D eigenvalue weighted by Crippen LogP contribution is -2.23. The molecule has 0 aliphatic carbocycles. The van der Waals surface area contributed by atoms with Crippen LogP contribution in [0.3, 0.4) is 0 Å². The van der Waals surface area contributed by atoms with E-state index in [1.165, 1.54) is 12.3 Å². The second kappa shape index (κ2) is 6.53. The summed E-state index contributed by atoms with van der Waals surface area (Å²) in [5, 5.41) is 6.30. The first-order valence-corrected chi connectivity index (χ1v) is 6.06. The standard InChI is InChI=1S/C13H15N3O3/c1-2-6-18-12-8-10(3-5-14-12)9-15-13(17)11-4-7-19-16-11/h3-5,7-8H,2,6,9H2,1H3,(H,15,17). The molecular formula is C13H15N3O3. The van der Waals surface area contributed by atoms with Crippen LogP contribution in [0.5, 0.6) is 5.88 Å². The largest absolute Gasteiger partial charge is 0.478 e. The van der Waals surface area contributed by atoms with Gasteiger partial charge in [-0.15, -0.1) is 0 Å². The van der Waals surface area contributed by atoms with Crippen molar-refractivity contribution in [3.63, 3.8) is 0 Å². The van der Waals surface area contributed by atoms with Gasteiger partial charge in [-0.3, -0.25) is 4.79 Å². The third kappa shape index (κ3) is 3.80. The van der Waals surface area contributed by atoms with Gasteiger partial charge >= 0.3 is 0 Å². The van der Waals surface area contributed by atoms with E-state index in [1.807, 2.05) is 13.0 Å². The number of ether oxygens (including phenoxy) is 1. The highest BCUT2D eigenvalue weighted by atomic mass is 16.5. The number of pyridine rings is 1. The maximum atomic E-state index is 11.7. The predicted molar refractivity (Wildman–Crippen MR) is 67.7 cm³/mol. The van der Waals surface area contributed by atoms with Crippen molar-refractivity contribution < 1.29 is 14.1 Å². The molecule has 0 aromatic carbocycles. The normalized spacial score (nSPS) is 10.2. The number of nitrogens with one attached hydrogen (secondary N) is 1. The fourth-order valence-electron chi connectivity index (χ4n) is 1.45. The zero-order valence-corrected chi connectivity index (χ0v) is 10.6. The van der Waals surface area contributed by atoms with Crippen molar-refractivity contribution in [2.45, 2.75) is 19.9 Å². The van der Waals surface area contributed by atoms with Gasteiger partial charge in [-0.25, -0.2) is 4.98 Å². The van der Waals surface area contributed by atoms with Gasteiger partial charge < -0.3 is 14.6 Å². The van der Waals surface area contributed by atoms with Crippen LogP contribution in [0, 0.1) is 0 Å². The molecule has 0 aliphatic heterocycles. The molecule has 19 heavy (non-hydrogen) atoms. The van der Waals surface area contributed by atoms with Gasteiger partial charge in [0.05, 0.1) is 6.61 Å². The minimum atomic E-state index is -0.276. The molecule has 0 saturated heterocycles. The van der Waals surface area contributed by atoms with E-state index in [-0.39, 0.29) is 11.6 Å². The first-order valence-electron chi connectivity index (χ1n) is 6.06. The van der Waals surface area contributed by atoms with Crippen LogP contribution in [-0.4, -0.2) is 22.7 Å². The minimum absolute atomic E-state index is 0.261. The lowest BCUT2D eigenvalue weighted by atomic mass is 10.2. The van der Waals surface area contributed by atoms with Crippen molar-refractivity contribution in [1.29, 1.82) is 0 Å². The van der Waals surface area contributed by atoms with Crippen LogP contribution in [0.2, 0.25) is 0 Å². The molecule has 6 heteroatoms. The summed E-state index contributed by atoms with van der Waals surface area (Å²) < 4.78 is 10.0. The zero-order valence-electron chi connectivity index (χ0n) is 10.6. The lowest BCUT2D eigenvalue weighted by molar-refractivity contribution is 0.0941. The van der Waals surface area contributed by atoms with Crippen molar-refractivity contribution >= 4 is 5.91 Å². The minimum Gasteiger partial charge on any atom is -0.478 e. The molecule has 0 fully saturated rings. The molecule has 0 aliphatic rings. The van der Waals surface area contributed by atoms with E-state index >= 15 is 0 Å². The van der Waals surface area contributed by atoms with E-state index in [0.717, 1.165) is 12.0 Å². The molecule has 2 aromatic heterocycles. The third-order valence-corrected chi connectivity index (χ3v) is 2.38. The molecule has 0 bridgehead atoms. The van der Waals surface area contributed by atoms with Gasteiger partial charge in [0.25, 0.3) is 5.91 Å². The molecule has 2 aromatic rings. The number of amides is 1. The van der Waals surface area contributed by atoms with Gasteiger partial charge in [0.1, 0.15) is 6.26 Å². The maximum absolute atomic E-state index is 11.7. The van der Waals surface area contributed by atoms with Gasteiger partial charge in [-0.1, -0.05) is 12.1 Å². The van der Waals surface area contributed by atoms with Crippen LogP contribution in [0.25, 0.3) is 0 Å². The molecule has 0 radical (unpaired) electrons. The molecule has 2 rings (SSSR count). The highest BCUT2D eigenvalue weighted by molar-refractivity contribution is 5.91. The summed E-state index contributed by atoms with van der Waals surface area (Å²) >= 11 is 0. The van der Waals surface area contributed by atoms with Crippen LogP contribution in [0.15, 0.2) is 35.2 Å². The molecule has 0 saturated carbocycles. The summed E-state index contributed by atoms with van der Waals surface area (Å²) in [4.78, 5) is 15.7. The van der Waals surface area contributed by atoms with Gasteiger partial charge in [0, 0.05) is 24.9 Å². The third-order valence-electron chi connectivity index (χ3n) is 2.38. The molecule has 1 amide bonds. The zero-order chi connectivity index (χ0) is 13.5. The quantitative estimate of drug-likeness (QED) is 0.857. The molecule has 0 spiro atoms. The van der Waals surface area contributed by atoms with Crippen LogP contribution in [0.1, 0.15) is 29.4 Å². The van der Waals surface area contributed by atoms with Crippen LogP contribution in [0.4, 0.5) is 0 Å². The molecule has 0 atom stereocenters. The molecule has 100 valence electrons. The van der Waals surface area contributed by atoms with Gasteiger partial charge in [-0.2, -0.15) is 0 Å². The maximum Gasteiger partial charge on any atom is 0.273 e. The van der Waals surface area contributed by atoms with Gasteiger partial charge in [0.15, 0.2) is 5.69 Å². The number of aromatic nitrogens is 2. The summed E-state index contributed by atoms with van der Waals surface area (Å²) in [5.41, 5.74) is 1.18. The molecule has 6 nitrogen and oxygen atoms in total. The molecular weight excluding hydrogens is 246 g/mol. The predicted octanol–water partition coefficient (Wildman–Crippen LogP) is 1.79. The van der Waals surface area contributed by atoms with Crippen molar-refractivity contribution in [3.05, 3.63) is 41.9 Å². The Kier molecular flexibility index (Phi) is 4.49. The summed E-state index contributed by atoms with van der Waals surface area (Å²) in [6.45, 7) is 3.04. The van der Waals surface area contributed by atoms with E-state index in [1.54, 1.807) is 12.3 Å². The van der Waals surface area contributed by atoms with Crippen LogP contribution < -0.4 is 10.1 Å². The highest BCUT2D eigenvalue weighted by Gasteiger charge is 2.08. The SMILES string of the molecule is CCCOc1cc(CNC(=O)c2ccon2)ccn1. The Morgan fingerprint density at radius 2 is 2.37 bits per heavy atom. The van der Waals surface area contributed by atoms with E-state index in [9.17, 15) is 4.79 Å². The van der Waals surface area contributed by atoms with Crippen LogP contribution >= 0.6 is 0 Å². The molecule has 1 N–H and O–H groups in total. The van der Waals surface area contributed by atoms with Crippen LogP contribution in [-0.2, 0) is 6.54 Å². The Bertz CT molecular complexity index is 526. The fourth-order valence-corrected chi connectivity index (χ4v) is 1.45. The summed E-state index contributed by atoms with van der Waals surface area (Å²) in [6.07, 6.45) is 3.94.